The van der Waals surface area contributed by atoms with Crippen LogP contribution in [0.4, 0.5) is 5.95 Å². The van der Waals surface area contributed by atoms with E-state index in [1.165, 1.54) is 66.0 Å². The molecule has 48 heavy (non-hydrogen) atoms. The second-order valence-corrected chi connectivity index (χ2v) is 14.7. The van der Waals surface area contributed by atoms with Crippen LogP contribution in [0.2, 0.25) is 0 Å². The van der Waals surface area contributed by atoms with Crippen LogP contribution in [0.1, 0.15) is 110 Å². The van der Waals surface area contributed by atoms with Crippen LogP contribution < -0.4 is 4.90 Å². The van der Waals surface area contributed by atoms with E-state index in [-0.39, 0.29) is 12.0 Å². The molecule has 5 nitrogen and oxygen atoms in total. The number of allylic oxidation sites excluding steroid dienone is 10. The Morgan fingerprint density at radius 2 is 1.54 bits per heavy atom. The monoisotopic (exact) mass is 629 g/mol. The van der Waals surface area contributed by atoms with Crippen LogP contribution >= 0.6 is 0 Å². The summed E-state index contributed by atoms with van der Waals surface area (Å²) in [5.74, 6) is 4.48. The van der Waals surface area contributed by atoms with Crippen molar-refractivity contribution in [2.24, 2.45) is 11.8 Å². The summed E-state index contributed by atoms with van der Waals surface area (Å²) in [7, 11) is 0. The molecular formula is C43H43N5. The van der Waals surface area contributed by atoms with Gasteiger partial charge in [0, 0.05) is 41.0 Å². The molecule has 1 fully saturated rings. The third kappa shape index (κ3) is 4.39. The van der Waals surface area contributed by atoms with Crippen molar-refractivity contribution in [1.82, 2.24) is 19.5 Å². The quantitative estimate of drug-likeness (QED) is 0.270. The highest BCUT2D eigenvalue weighted by Crippen LogP contribution is 2.59. The molecule has 5 heteroatoms. The summed E-state index contributed by atoms with van der Waals surface area (Å²) in [6.45, 7) is 0. The highest BCUT2D eigenvalue weighted by molar-refractivity contribution is 5.90. The second-order valence-electron chi connectivity index (χ2n) is 14.7. The fourth-order valence-corrected chi connectivity index (χ4v) is 9.90. The minimum Gasteiger partial charge on any atom is -0.308 e. The van der Waals surface area contributed by atoms with Crippen LogP contribution in [0.25, 0.3) is 17.5 Å². The van der Waals surface area contributed by atoms with Crippen LogP contribution in [0.15, 0.2) is 103 Å². The van der Waals surface area contributed by atoms with Gasteiger partial charge in [-0.1, -0.05) is 104 Å². The molecule has 0 amide bonds. The maximum atomic E-state index is 5.52. The Morgan fingerprint density at radius 3 is 2.40 bits per heavy atom. The first-order chi connectivity index (χ1) is 23.8. The van der Waals surface area contributed by atoms with Crippen molar-refractivity contribution in [2.75, 3.05) is 4.90 Å². The van der Waals surface area contributed by atoms with Crippen molar-refractivity contribution in [3.05, 3.63) is 137 Å². The normalized spacial score (nSPS) is 28.3. The minimum absolute atomic E-state index is 0.177. The third-order valence-corrected chi connectivity index (χ3v) is 12.0. The summed E-state index contributed by atoms with van der Waals surface area (Å²) in [5, 5.41) is 0. The highest BCUT2D eigenvalue weighted by atomic mass is 15.3. The summed E-state index contributed by atoms with van der Waals surface area (Å²) in [6.07, 6.45) is 39.6. The number of fused-ring (bicyclic) bond motifs is 9. The van der Waals surface area contributed by atoms with Gasteiger partial charge < -0.3 is 9.47 Å². The van der Waals surface area contributed by atoms with E-state index in [4.69, 9.17) is 15.0 Å². The molecule has 0 saturated heterocycles. The Labute approximate surface area is 283 Å². The zero-order valence-corrected chi connectivity index (χ0v) is 27.6. The van der Waals surface area contributed by atoms with E-state index in [0.717, 1.165) is 49.7 Å². The van der Waals surface area contributed by atoms with E-state index in [1.54, 1.807) is 5.57 Å². The summed E-state index contributed by atoms with van der Waals surface area (Å²) >= 11 is 0. The number of benzene rings is 1. The molecule has 240 valence electrons. The topological polar surface area (TPSA) is 46.8 Å². The number of para-hydroxylation sites is 1. The first-order valence-electron chi connectivity index (χ1n) is 18.5. The first-order valence-corrected chi connectivity index (χ1v) is 18.5. The van der Waals surface area contributed by atoms with Gasteiger partial charge in [-0.05, 0) is 79.9 Å². The fourth-order valence-electron chi connectivity index (χ4n) is 9.90. The molecule has 5 unspecified atom stereocenters. The zero-order chi connectivity index (χ0) is 31.6. The second kappa shape index (κ2) is 11.6. The maximum Gasteiger partial charge on any atom is 0.234 e. The van der Waals surface area contributed by atoms with Crippen LogP contribution in [0.5, 0.6) is 0 Å². The zero-order valence-electron chi connectivity index (χ0n) is 27.6. The smallest absolute Gasteiger partial charge is 0.234 e. The van der Waals surface area contributed by atoms with Crippen molar-refractivity contribution in [2.45, 2.75) is 88.0 Å². The van der Waals surface area contributed by atoms with Crippen LogP contribution in [-0.4, -0.2) is 25.6 Å². The van der Waals surface area contributed by atoms with Gasteiger partial charge >= 0.3 is 0 Å². The number of hydrogen-bond donors (Lipinski definition) is 0. The SMILES string of the molecule is C1=CCC(c2nc(C3CCCCC3)nc(N3C4=C(C5C=CC=CC5c5c6c(n(-c7ccccc7)c54)C=CCC6)C4CCC=CC43)n2)C=C1. The lowest BCUT2D eigenvalue weighted by atomic mass is 9.68. The number of rotatable bonds is 4. The molecular weight excluding hydrogens is 587 g/mol. The number of hydrogen-bond acceptors (Lipinski definition) is 4. The lowest BCUT2D eigenvalue weighted by Crippen LogP contribution is -2.36. The molecule has 7 aliphatic rings. The molecule has 5 atom stereocenters. The number of aromatic nitrogens is 4. The van der Waals surface area contributed by atoms with E-state index in [2.05, 4.69) is 113 Å². The Morgan fingerprint density at radius 1 is 0.708 bits per heavy atom. The average Bonchev–Trinajstić information content (AvgIpc) is 3.70. The molecule has 1 aliphatic heterocycles. The predicted octanol–water partition coefficient (Wildman–Crippen LogP) is 9.67. The number of anilines is 1. The molecule has 2 aromatic heterocycles. The molecule has 6 aliphatic carbocycles. The lowest BCUT2D eigenvalue weighted by molar-refractivity contribution is 0.424. The number of nitrogens with zero attached hydrogens (tertiary/aromatic N) is 5. The van der Waals surface area contributed by atoms with Gasteiger partial charge in [0.05, 0.1) is 17.4 Å². The molecule has 0 spiro atoms. The Balaban J connectivity index is 1.25. The molecule has 10 rings (SSSR count). The predicted molar refractivity (Wildman–Crippen MR) is 194 cm³/mol. The maximum absolute atomic E-state index is 5.52. The van der Waals surface area contributed by atoms with Crippen molar-refractivity contribution in [3.8, 4) is 5.69 Å². The third-order valence-electron chi connectivity index (χ3n) is 12.0. The molecule has 0 N–H and O–H groups in total. The molecule has 1 saturated carbocycles. The largest absolute Gasteiger partial charge is 0.308 e. The van der Waals surface area contributed by atoms with Gasteiger partial charge in [-0.3, -0.25) is 0 Å². The molecule has 0 bridgehead atoms. The molecule has 1 aromatic carbocycles. The van der Waals surface area contributed by atoms with E-state index < -0.39 is 0 Å². The van der Waals surface area contributed by atoms with Gasteiger partial charge in [0.1, 0.15) is 11.6 Å². The van der Waals surface area contributed by atoms with E-state index in [0.29, 0.717) is 23.7 Å². The van der Waals surface area contributed by atoms with Crippen molar-refractivity contribution >= 4 is 17.7 Å². The van der Waals surface area contributed by atoms with Gasteiger partial charge in [-0.2, -0.15) is 9.97 Å². The Kier molecular flexibility index (Phi) is 6.87. The Hall–Kier alpha value is -4.51. The van der Waals surface area contributed by atoms with Gasteiger partial charge in [-0.15, -0.1) is 0 Å². The summed E-state index contributed by atoms with van der Waals surface area (Å²) in [5.41, 5.74) is 9.89. The molecule has 3 heterocycles. The fraction of sp³-hybridized carbons (Fsp3) is 0.372. The van der Waals surface area contributed by atoms with Crippen LogP contribution in [0, 0.1) is 11.8 Å². The lowest BCUT2D eigenvalue weighted by Gasteiger charge is -2.35. The minimum atomic E-state index is 0.177. The summed E-state index contributed by atoms with van der Waals surface area (Å²) < 4.78 is 2.59. The van der Waals surface area contributed by atoms with Gasteiger partial charge in [0.15, 0.2) is 0 Å². The van der Waals surface area contributed by atoms with Crippen LogP contribution in [0.3, 0.4) is 0 Å². The van der Waals surface area contributed by atoms with E-state index >= 15 is 0 Å². The van der Waals surface area contributed by atoms with Crippen molar-refractivity contribution in [3.63, 3.8) is 0 Å². The Bertz CT molecular complexity index is 1980. The highest BCUT2D eigenvalue weighted by Gasteiger charge is 2.52. The van der Waals surface area contributed by atoms with Gasteiger partial charge in [0.2, 0.25) is 5.95 Å². The van der Waals surface area contributed by atoms with Crippen molar-refractivity contribution in [1.29, 1.82) is 0 Å². The molecule has 0 radical (unpaired) electrons. The molecule has 3 aromatic rings. The first kappa shape index (κ1) is 28.5. The summed E-state index contributed by atoms with van der Waals surface area (Å²) in [4.78, 5) is 18.9. The standard InChI is InChI=1S/C43H43N5/c1-4-16-28(17-5-1)41-44-42(29-18-6-2-7-19-29)46-43(45-41)48-36-27-15-13-25-34(36)38-32-23-11-10-22-31(32)37-33-24-12-14-26-35(33)47(39(37)40(38)48)30-20-8-3-9-21-30/h1,3-5,8-11,14-16,20-23,26-29,31-32,34,36H,2,6-7,12-13,17-19,24-25H2. The van der Waals surface area contributed by atoms with Gasteiger partial charge in [0.25, 0.3) is 0 Å². The summed E-state index contributed by atoms with van der Waals surface area (Å²) in [6, 6.07) is 11.2. The van der Waals surface area contributed by atoms with E-state index in [9.17, 15) is 0 Å². The van der Waals surface area contributed by atoms with Crippen LogP contribution in [-0.2, 0) is 6.42 Å². The van der Waals surface area contributed by atoms with Gasteiger partial charge in [-0.25, -0.2) is 4.98 Å². The average molecular weight is 630 g/mol. The van der Waals surface area contributed by atoms with Crippen molar-refractivity contribution < 1.29 is 0 Å². The van der Waals surface area contributed by atoms with E-state index in [1.807, 2.05) is 0 Å².